The molecule has 122 valence electrons. The van der Waals surface area contributed by atoms with Gasteiger partial charge in [-0.3, -0.25) is 9.69 Å². The van der Waals surface area contributed by atoms with Crippen LogP contribution in [0.1, 0.15) is 18.1 Å². The first-order valence-corrected chi connectivity index (χ1v) is 7.87. The van der Waals surface area contributed by atoms with Crippen LogP contribution in [-0.2, 0) is 9.53 Å². The van der Waals surface area contributed by atoms with Crippen molar-refractivity contribution in [2.24, 2.45) is 0 Å². The van der Waals surface area contributed by atoms with E-state index in [1.54, 1.807) is 6.92 Å². The molecule has 0 radical (unpaired) electrons. The van der Waals surface area contributed by atoms with Gasteiger partial charge in [0.1, 0.15) is 5.75 Å². The lowest BCUT2D eigenvalue weighted by Gasteiger charge is -2.26. The first-order chi connectivity index (χ1) is 10.5. The summed E-state index contributed by atoms with van der Waals surface area (Å²) in [5.41, 5.74) is 2.27. The Labute approximate surface area is 132 Å². The number of hydrogen-bond donors (Lipinski definition) is 1. The highest BCUT2D eigenvalue weighted by Crippen LogP contribution is 2.17. The van der Waals surface area contributed by atoms with Gasteiger partial charge in [-0.05, 0) is 44.0 Å². The maximum absolute atomic E-state index is 12.1. The lowest BCUT2D eigenvalue weighted by molar-refractivity contribution is -0.127. The molecule has 1 aromatic rings. The molecule has 1 aliphatic heterocycles. The molecule has 5 nitrogen and oxygen atoms in total. The van der Waals surface area contributed by atoms with Gasteiger partial charge in [0.25, 0.3) is 5.91 Å². The summed E-state index contributed by atoms with van der Waals surface area (Å²) >= 11 is 0. The predicted molar refractivity (Wildman–Crippen MR) is 86.3 cm³/mol. The minimum absolute atomic E-state index is 0.0765. The standard InChI is InChI=1S/C17H26N2O3/c1-13-10-14(2)12-16(11-13)22-15(3)17(20)18-4-5-19-6-8-21-9-7-19/h10-12,15H,4-9H2,1-3H3,(H,18,20)/t15-/m0/s1. The van der Waals surface area contributed by atoms with Gasteiger partial charge in [0.15, 0.2) is 6.10 Å². The van der Waals surface area contributed by atoms with Crippen molar-refractivity contribution >= 4 is 5.91 Å². The normalized spacial score (nSPS) is 17.0. The van der Waals surface area contributed by atoms with Gasteiger partial charge in [-0.2, -0.15) is 0 Å². The van der Waals surface area contributed by atoms with Crippen molar-refractivity contribution in [1.29, 1.82) is 0 Å². The fourth-order valence-corrected chi connectivity index (χ4v) is 2.56. The molecule has 0 aromatic heterocycles. The molecule has 0 unspecified atom stereocenters. The van der Waals surface area contributed by atoms with Crippen LogP contribution in [0.25, 0.3) is 0 Å². The topological polar surface area (TPSA) is 50.8 Å². The minimum atomic E-state index is -0.495. The lowest BCUT2D eigenvalue weighted by atomic mass is 10.1. The molecule has 1 N–H and O–H groups in total. The minimum Gasteiger partial charge on any atom is -0.481 e. The summed E-state index contributed by atoms with van der Waals surface area (Å²) in [6, 6.07) is 5.98. The molecule has 5 heteroatoms. The molecule has 0 saturated carbocycles. The molecule has 22 heavy (non-hydrogen) atoms. The van der Waals surface area contributed by atoms with Gasteiger partial charge >= 0.3 is 0 Å². The Morgan fingerprint density at radius 1 is 1.27 bits per heavy atom. The van der Waals surface area contributed by atoms with Crippen LogP contribution in [0.5, 0.6) is 5.75 Å². The molecule has 1 amide bonds. The number of aryl methyl sites for hydroxylation is 2. The van der Waals surface area contributed by atoms with Crippen molar-refractivity contribution in [3.05, 3.63) is 29.3 Å². The predicted octanol–water partition coefficient (Wildman–Crippen LogP) is 1.52. The zero-order valence-corrected chi connectivity index (χ0v) is 13.7. The van der Waals surface area contributed by atoms with E-state index in [1.165, 1.54) is 0 Å². The third kappa shape index (κ3) is 5.31. The molecular formula is C17H26N2O3. The summed E-state index contributed by atoms with van der Waals surface area (Å²) in [6.07, 6.45) is -0.495. The quantitative estimate of drug-likeness (QED) is 0.866. The van der Waals surface area contributed by atoms with Crippen LogP contribution in [0.3, 0.4) is 0 Å². The SMILES string of the molecule is Cc1cc(C)cc(O[C@@H](C)C(=O)NCCN2CCOCC2)c1. The van der Waals surface area contributed by atoms with E-state index in [9.17, 15) is 4.79 Å². The average Bonchev–Trinajstić information content (AvgIpc) is 2.47. The molecule has 0 aliphatic carbocycles. The van der Waals surface area contributed by atoms with Crippen LogP contribution >= 0.6 is 0 Å². The molecule has 0 spiro atoms. The summed E-state index contributed by atoms with van der Waals surface area (Å²) in [5, 5.41) is 2.93. The summed E-state index contributed by atoms with van der Waals surface area (Å²) in [7, 11) is 0. The van der Waals surface area contributed by atoms with Gasteiger partial charge < -0.3 is 14.8 Å². The molecule has 0 bridgehead atoms. The van der Waals surface area contributed by atoms with Crippen molar-refractivity contribution in [1.82, 2.24) is 10.2 Å². The van der Waals surface area contributed by atoms with Crippen LogP contribution in [0.2, 0.25) is 0 Å². The van der Waals surface area contributed by atoms with E-state index in [0.29, 0.717) is 6.54 Å². The number of nitrogens with zero attached hydrogens (tertiary/aromatic N) is 1. The Morgan fingerprint density at radius 3 is 2.55 bits per heavy atom. The fourth-order valence-electron chi connectivity index (χ4n) is 2.56. The van der Waals surface area contributed by atoms with E-state index in [2.05, 4.69) is 16.3 Å². The molecule has 1 aromatic carbocycles. The second-order valence-corrected chi connectivity index (χ2v) is 5.83. The largest absolute Gasteiger partial charge is 0.481 e. The van der Waals surface area contributed by atoms with Crippen molar-refractivity contribution in [3.8, 4) is 5.75 Å². The number of benzene rings is 1. The Hall–Kier alpha value is -1.59. The van der Waals surface area contributed by atoms with Crippen LogP contribution < -0.4 is 10.1 Å². The van der Waals surface area contributed by atoms with Gasteiger partial charge in [0.2, 0.25) is 0 Å². The maximum Gasteiger partial charge on any atom is 0.260 e. The Balaban J connectivity index is 1.74. The fraction of sp³-hybridized carbons (Fsp3) is 0.588. The van der Waals surface area contributed by atoms with Crippen LogP contribution in [0.15, 0.2) is 18.2 Å². The highest BCUT2D eigenvalue weighted by Gasteiger charge is 2.15. The lowest BCUT2D eigenvalue weighted by Crippen LogP contribution is -2.43. The molecule has 1 fully saturated rings. The summed E-state index contributed by atoms with van der Waals surface area (Å²) < 4.78 is 11.0. The highest BCUT2D eigenvalue weighted by molar-refractivity contribution is 5.80. The van der Waals surface area contributed by atoms with Gasteiger partial charge in [-0.25, -0.2) is 0 Å². The average molecular weight is 306 g/mol. The number of amides is 1. The maximum atomic E-state index is 12.1. The first-order valence-electron chi connectivity index (χ1n) is 7.87. The van der Waals surface area contributed by atoms with E-state index in [1.807, 2.05) is 26.0 Å². The van der Waals surface area contributed by atoms with Crippen molar-refractivity contribution in [2.75, 3.05) is 39.4 Å². The molecule has 1 aliphatic rings. The van der Waals surface area contributed by atoms with Gasteiger partial charge in [0.05, 0.1) is 13.2 Å². The number of hydrogen-bond acceptors (Lipinski definition) is 4. The summed E-state index contributed by atoms with van der Waals surface area (Å²) in [4.78, 5) is 14.4. The summed E-state index contributed by atoms with van der Waals surface area (Å²) in [5.74, 6) is 0.667. The zero-order chi connectivity index (χ0) is 15.9. The van der Waals surface area contributed by atoms with E-state index >= 15 is 0 Å². The number of nitrogens with one attached hydrogen (secondary N) is 1. The Morgan fingerprint density at radius 2 is 1.91 bits per heavy atom. The van der Waals surface area contributed by atoms with Gasteiger partial charge in [-0.1, -0.05) is 6.07 Å². The molecular weight excluding hydrogens is 280 g/mol. The van der Waals surface area contributed by atoms with Crippen molar-refractivity contribution in [3.63, 3.8) is 0 Å². The van der Waals surface area contributed by atoms with Crippen LogP contribution in [0.4, 0.5) is 0 Å². The van der Waals surface area contributed by atoms with Crippen LogP contribution in [0, 0.1) is 13.8 Å². The molecule has 1 atom stereocenters. The summed E-state index contributed by atoms with van der Waals surface area (Å²) in [6.45, 7) is 10.7. The van der Waals surface area contributed by atoms with E-state index < -0.39 is 6.10 Å². The van der Waals surface area contributed by atoms with Crippen molar-refractivity contribution in [2.45, 2.75) is 26.9 Å². The van der Waals surface area contributed by atoms with Gasteiger partial charge in [-0.15, -0.1) is 0 Å². The number of morpholine rings is 1. The van der Waals surface area contributed by atoms with E-state index in [-0.39, 0.29) is 5.91 Å². The molecule has 1 heterocycles. The van der Waals surface area contributed by atoms with Crippen LogP contribution in [-0.4, -0.2) is 56.3 Å². The molecule has 2 rings (SSSR count). The Kier molecular flexibility index (Phi) is 6.21. The third-order valence-corrected chi connectivity index (χ3v) is 3.71. The number of rotatable bonds is 6. The monoisotopic (exact) mass is 306 g/mol. The van der Waals surface area contributed by atoms with Crippen molar-refractivity contribution < 1.29 is 14.3 Å². The zero-order valence-electron chi connectivity index (χ0n) is 13.7. The second kappa shape index (κ2) is 8.15. The Bertz CT molecular complexity index is 478. The second-order valence-electron chi connectivity index (χ2n) is 5.83. The highest BCUT2D eigenvalue weighted by atomic mass is 16.5. The first kappa shape index (κ1) is 16.8. The van der Waals surface area contributed by atoms with E-state index in [0.717, 1.165) is 49.7 Å². The number of carbonyl (C=O) groups excluding carboxylic acids is 1. The smallest absolute Gasteiger partial charge is 0.260 e. The number of ether oxygens (including phenoxy) is 2. The molecule has 1 saturated heterocycles. The van der Waals surface area contributed by atoms with E-state index in [4.69, 9.17) is 9.47 Å². The number of carbonyl (C=O) groups is 1. The third-order valence-electron chi connectivity index (χ3n) is 3.71. The van der Waals surface area contributed by atoms with Gasteiger partial charge in [0, 0.05) is 26.2 Å².